The molecule has 0 saturated carbocycles. The van der Waals surface area contributed by atoms with Gasteiger partial charge in [0.15, 0.2) is 5.78 Å². The van der Waals surface area contributed by atoms with E-state index in [2.05, 4.69) is 15.9 Å². The summed E-state index contributed by atoms with van der Waals surface area (Å²) in [6.45, 7) is 1.76. The summed E-state index contributed by atoms with van der Waals surface area (Å²) in [5, 5.41) is 0. The van der Waals surface area contributed by atoms with Crippen LogP contribution in [0.4, 0.5) is 0 Å². The monoisotopic (exact) mass is 256 g/mol. The van der Waals surface area contributed by atoms with Crippen molar-refractivity contribution in [2.24, 2.45) is 0 Å². The zero-order valence-electron chi connectivity index (χ0n) is 8.29. The maximum absolute atomic E-state index is 11.5. The first-order chi connectivity index (χ1) is 6.63. The van der Waals surface area contributed by atoms with Crippen LogP contribution in [0.1, 0.15) is 12.5 Å². The molecule has 2 nitrogen and oxygen atoms in total. The van der Waals surface area contributed by atoms with Gasteiger partial charge in [0.1, 0.15) is 6.10 Å². The molecular weight excluding hydrogens is 244 g/mol. The molecular formula is C11H13BrO2. The van der Waals surface area contributed by atoms with Crippen LogP contribution < -0.4 is 0 Å². The number of methoxy groups -OCH3 is 1. The van der Waals surface area contributed by atoms with Gasteiger partial charge in [-0.2, -0.15) is 0 Å². The Balaban J connectivity index is 2.65. The van der Waals surface area contributed by atoms with Gasteiger partial charge < -0.3 is 4.74 Å². The summed E-state index contributed by atoms with van der Waals surface area (Å²) in [6, 6.07) is 7.74. The molecule has 3 heteroatoms. The van der Waals surface area contributed by atoms with Crippen LogP contribution in [0, 0.1) is 0 Å². The number of carbonyl (C=O) groups excluding carboxylic acids is 1. The van der Waals surface area contributed by atoms with Crippen LogP contribution in [0.25, 0.3) is 0 Å². The Hall–Kier alpha value is -0.670. The van der Waals surface area contributed by atoms with E-state index in [1.54, 1.807) is 14.0 Å². The van der Waals surface area contributed by atoms with Crippen molar-refractivity contribution in [2.75, 3.05) is 7.11 Å². The first kappa shape index (κ1) is 11.4. The van der Waals surface area contributed by atoms with Gasteiger partial charge in [-0.15, -0.1) is 0 Å². The average Bonchev–Trinajstić information content (AvgIpc) is 2.16. The summed E-state index contributed by atoms with van der Waals surface area (Å²) >= 11 is 3.36. The molecule has 0 aromatic heterocycles. The van der Waals surface area contributed by atoms with E-state index in [9.17, 15) is 4.79 Å². The van der Waals surface area contributed by atoms with Crippen LogP contribution in [0.15, 0.2) is 28.7 Å². The fourth-order valence-electron chi connectivity index (χ4n) is 1.12. The van der Waals surface area contributed by atoms with Gasteiger partial charge in [0.25, 0.3) is 0 Å². The fourth-order valence-corrected chi connectivity index (χ4v) is 1.57. The van der Waals surface area contributed by atoms with E-state index in [1.165, 1.54) is 0 Å². The number of halogens is 1. The van der Waals surface area contributed by atoms with Crippen LogP contribution >= 0.6 is 15.9 Å². The fraction of sp³-hybridized carbons (Fsp3) is 0.364. The first-order valence-electron chi connectivity index (χ1n) is 4.43. The molecule has 1 unspecified atom stereocenters. The molecule has 0 N–H and O–H groups in total. The molecule has 0 amide bonds. The lowest BCUT2D eigenvalue weighted by Crippen LogP contribution is -2.20. The number of rotatable bonds is 4. The van der Waals surface area contributed by atoms with Crippen LogP contribution in [0.3, 0.4) is 0 Å². The zero-order valence-corrected chi connectivity index (χ0v) is 9.87. The summed E-state index contributed by atoms with van der Waals surface area (Å²) in [5.41, 5.74) is 1.01. The summed E-state index contributed by atoms with van der Waals surface area (Å²) < 4.78 is 5.95. The minimum absolute atomic E-state index is 0.102. The lowest BCUT2D eigenvalue weighted by Gasteiger charge is -2.07. The molecule has 1 atom stereocenters. The second kappa shape index (κ2) is 5.27. The van der Waals surface area contributed by atoms with Gasteiger partial charge in [-0.1, -0.05) is 28.1 Å². The van der Waals surface area contributed by atoms with Crippen LogP contribution in [0.2, 0.25) is 0 Å². The number of Topliss-reactive ketones (excluding diaryl/α,β-unsaturated/α-hetero) is 1. The predicted octanol–water partition coefficient (Wildman–Crippen LogP) is 2.60. The van der Waals surface area contributed by atoms with E-state index in [0.717, 1.165) is 10.0 Å². The van der Waals surface area contributed by atoms with Gasteiger partial charge in [-0.25, -0.2) is 0 Å². The van der Waals surface area contributed by atoms with Crippen LogP contribution in [0.5, 0.6) is 0 Å². The number of carbonyl (C=O) groups is 1. The highest BCUT2D eigenvalue weighted by atomic mass is 79.9. The largest absolute Gasteiger partial charge is 0.374 e. The molecule has 14 heavy (non-hydrogen) atoms. The van der Waals surface area contributed by atoms with E-state index in [4.69, 9.17) is 4.74 Å². The molecule has 1 aromatic rings. The molecule has 0 heterocycles. The third-order valence-electron chi connectivity index (χ3n) is 2.07. The highest BCUT2D eigenvalue weighted by Gasteiger charge is 2.11. The molecule has 0 aliphatic rings. The Kier molecular flexibility index (Phi) is 4.29. The minimum atomic E-state index is -0.325. The van der Waals surface area contributed by atoms with E-state index < -0.39 is 0 Å². The number of hydrogen-bond acceptors (Lipinski definition) is 2. The second-order valence-corrected chi connectivity index (χ2v) is 4.07. The topological polar surface area (TPSA) is 26.3 Å². The maximum Gasteiger partial charge on any atom is 0.165 e. The Labute approximate surface area is 92.4 Å². The summed E-state index contributed by atoms with van der Waals surface area (Å²) in [7, 11) is 1.55. The van der Waals surface area contributed by atoms with E-state index in [-0.39, 0.29) is 11.9 Å². The SMILES string of the molecule is COC(C)C(=O)Cc1cccc(Br)c1. The standard InChI is InChI=1S/C11H13BrO2/c1-8(14-2)11(13)7-9-4-3-5-10(12)6-9/h3-6,8H,7H2,1-2H3. The first-order valence-corrected chi connectivity index (χ1v) is 5.22. The predicted molar refractivity (Wildman–Crippen MR) is 59.3 cm³/mol. The third-order valence-corrected chi connectivity index (χ3v) is 2.57. The Bertz CT molecular complexity index is 323. The van der Waals surface area contributed by atoms with Gasteiger partial charge >= 0.3 is 0 Å². The lowest BCUT2D eigenvalue weighted by molar-refractivity contribution is -0.127. The molecule has 1 rings (SSSR count). The number of ketones is 1. The van der Waals surface area contributed by atoms with Crippen molar-refractivity contribution in [2.45, 2.75) is 19.4 Å². The quantitative estimate of drug-likeness (QED) is 0.828. The second-order valence-electron chi connectivity index (χ2n) is 3.15. The number of benzene rings is 1. The van der Waals surface area contributed by atoms with Crippen LogP contribution in [-0.4, -0.2) is 19.0 Å². The van der Waals surface area contributed by atoms with Crippen molar-refractivity contribution in [3.8, 4) is 0 Å². The smallest absolute Gasteiger partial charge is 0.165 e. The summed E-state index contributed by atoms with van der Waals surface area (Å²) in [5.74, 6) is 0.102. The number of hydrogen-bond donors (Lipinski definition) is 0. The number of ether oxygens (including phenoxy) is 1. The van der Waals surface area contributed by atoms with Gasteiger partial charge in [0.05, 0.1) is 0 Å². The molecule has 0 aliphatic carbocycles. The zero-order chi connectivity index (χ0) is 10.6. The molecule has 0 saturated heterocycles. The van der Waals surface area contributed by atoms with Crippen molar-refractivity contribution in [3.63, 3.8) is 0 Å². The van der Waals surface area contributed by atoms with E-state index >= 15 is 0 Å². The summed E-state index contributed by atoms with van der Waals surface area (Å²) in [4.78, 5) is 11.5. The van der Waals surface area contributed by atoms with Crippen molar-refractivity contribution in [3.05, 3.63) is 34.3 Å². The van der Waals surface area contributed by atoms with Crippen molar-refractivity contribution >= 4 is 21.7 Å². The van der Waals surface area contributed by atoms with Crippen molar-refractivity contribution in [1.82, 2.24) is 0 Å². The van der Waals surface area contributed by atoms with Crippen molar-refractivity contribution in [1.29, 1.82) is 0 Å². The molecule has 76 valence electrons. The van der Waals surface area contributed by atoms with Crippen LogP contribution in [-0.2, 0) is 16.0 Å². The Morgan fingerprint density at radius 3 is 2.86 bits per heavy atom. The van der Waals surface area contributed by atoms with Gasteiger partial charge in [-0.3, -0.25) is 4.79 Å². The highest BCUT2D eigenvalue weighted by molar-refractivity contribution is 9.10. The van der Waals surface area contributed by atoms with E-state index in [1.807, 2.05) is 24.3 Å². The highest BCUT2D eigenvalue weighted by Crippen LogP contribution is 2.12. The molecule has 0 aliphatic heterocycles. The molecule has 1 aromatic carbocycles. The van der Waals surface area contributed by atoms with E-state index in [0.29, 0.717) is 6.42 Å². The van der Waals surface area contributed by atoms with Gasteiger partial charge in [0, 0.05) is 18.0 Å². The molecule has 0 radical (unpaired) electrons. The molecule has 0 bridgehead atoms. The average molecular weight is 257 g/mol. The Morgan fingerprint density at radius 1 is 1.57 bits per heavy atom. The Morgan fingerprint density at radius 2 is 2.29 bits per heavy atom. The van der Waals surface area contributed by atoms with Gasteiger partial charge in [0.2, 0.25) is 0 Å². The maximum atomic E-state index is 11.5. The third kappa shape index (κ3) is 3.24. The minimum Gasteiger partial charge on any atom is -0.374 e. The molecule has 0 spiro atoms. The normalized spacial score (nSPS) is 12.5. The summed E-state index contributed by atoms with van der Waals surface area (Å²) in [6.07, 6.45) is 0.100. The van der Waals surface area contributed by atoms with Crippen molar-refractivity contribution < 1.29 is 9.53 Å². The lowest BCUT2D eigenvalue weighted by atomic mass is 10.1. The molecule has 0 fully saturated rings. The van der Waals surface area contributed by atoms with Gasteiger partial charge in [-0.05, 0) is 24.6 Å².